The van der Waals surface area contributed by atoms with Gasteiger partial charge in [-0.15, -0.1) is 6.58 Å². The number of aliphatic carboxylic acids is 2. The van der Waals surface area contributed by atoms with Gasteiger partial charge in [0, 0.05) is 17.1 Å². The SMILES string of the molecule is C=CC(C)(C)C.CC(C)(C)C1CO1.CC(C)(C)CC1(C)COC1.CC(C)=C(C)C(=O)O.CC(C)=C(C)CO.CC(C)=CC(=O)O. The normalized spacial score (nSPS) is 15.6. The summed E-state index contributed by atoms with van der Waals surface area (Å²) in [6.45, 7) is 43.4. The molecule has 7 nitrogen and oxygen atoms in total. The summed E-state index contributed by atoms with van der Waals surface area (Å²) in [5, 5.41) is 24.7. The molecular weight excluding hydrogens is 568 g/mol. The van der Waals surface area contributed by atoms with E-state index >= 15 is 0 Å². The molecule has 2 heterocycles. The van der Waals surface area contributed by atoms with Gasteiger partial charge in [-0.3, -0.25) is 0 Å². The summed E-state index contributed by atoms with van der Waals surface area (Å²) in [6.07, 6.45) is 4.93. The van der Waals surface area contributed by atoms with Crippen LogP contribution in [0, 0.1) is 21.7 Å². The molecule has 1 unspecified atom stereocenters. The third-order valence-corrected chi connectivity index (χ3v) is 6.34. The van der Waals surface area contributed by atoms with E-state index in [0.29, 0.717) is 33.3 Å². The Kier molecular flexibility index (Phi) is 25.5. The number of aliphatic hydroxyl groups excluding tert-OH is 1. The third kappa shape index (κ3) is 37.9. The minimum atomic E-state index is -0.875. The number of ether oxygens (including phenoxy) is 2. The zero-order chi connectivity index (χ0) is 37.0. The minimum absolute atomic E-state index is 0.197. The van der Waals surface area contributed by atoms with Gasteiger partial charge in [0.15, 0.2) is 0 Å². The number of epoxide rings is 1. The molecule has 2 rings (SSSR count). The van der Waals surface area contributed by atoms with Crippen LogP contribution in [0.1, 0.15) is 131 Å². The lowest BCUT2D eigenvalue weighted by Crippen LogP contribution is -2.42. The summed E-state index contributed by atoms with van der Waals surface area (Å²) in [6, 6.07) is 0. The maximum Gasteiger partial charge on any atom is 0.331 e. The molecule has 0 amide bonds. The fourth-order valence-electron chi connectivity index (χ4n) is 3.00. The average Bonchev–Trinajstić information content (AvgIpc) is 3.67. The van der Waals surface area contributed by atoms with Crippen LogP contribution in [-0.2, 0) is 19.1 Å². The molecule has 3 N–H and O–H groups in total. The first-order valence-electron chi connectivity index (χ1n) is 15.8. The number of aliphatic hydroxyl groups is 1. The van der Waals surface area contributed by atoms with Crippen molar-refractivity contribution in [3.8, 4) is 0 Å². The van der Waals surface area contributed by atoms with E-state index in [0.717, 1.165) is 36.5 Å². The van der Waals surface area contributed by atoms with Crippen molar-refractivity contribution >= 4 is 11.9 Å². The summed E-state index contributed by atoms with van der Waals surface area (Å²) in [5.41, 5.74) is 6.02. The first kappa shape index (κ1) is 49.7. The number of hydrogen-bond acceptors (Lipinski definition) is 5. The highest BCUT2D eigenvalue weighted by atomic mass is 16.6. The molecule has 2 aliphatic rings. The molecule has 0 aromatic rings. The van der Waals surface area contributed by atoms with Crippen LogP contribution in [0.4, 0.5) is 0 Å². The molecule has 0 saturated carbocycles. The molecule has 0 spiro atoms. The van der Waals surface area contributed by atoms with Crippen LogP contribution in [0.2, 0.25) is 0 Å². The van der Waals surface area contributed by atoms with Gasteiger partial charge < -0.3 is 24.8 Å². The second-order valence-corrected chi connectivity index (χ2v) is 16.2. The molecule has 0 aromatic carbocycles. The lowest BCUT2D eigenvalue weighted by atomic mass is 9.74. The van der Waals surface area contributed by atoms with Gasteiger partial charge in [0.2, 0.25) is 0 Å². The summed E-state index contributed by atoms with van der Waals surface area (Å²) in [7, 11) is 0. The standard InChI is InChI=1S/C9H18O.C6H10O2.2C6H12O.C6H12.C5H8O2/c1-8(2,3)5-9(4)6-10-7-9;1-4(2)5(3)6(7)8;1-6(2,3)5-4-7-5;1-5(2)6(3)4-7;1-5-6(2,3)4;1-4(2)3-5(6)7/h5-7H2,1-4H3;1-3H3,(H,7,8);5H,4H2,1-3H3;7H,4H2,1-3H3;5H,1H2,2-4H3;3H,1-2H3,(H,6,7). The van der Waals surface area contributed by atoms with Crippen LogP contribution >= 0.6 is 0 Å². The van der Waals surface area contributed by atoms with Crippen LogP contribution in [0.15, 0.2) is 46.6 Å². The molecule has 0 aromatic heterocycles. The Morgan fingerprint density at radius 3 is 1.27 bits per heavy atom. The molecular formula is C38H72O7. The quantitative estimate of drug-likeness (QED) is 0.159. The summed E-state index contributed by atoms with van der Waals surface area (Å²) in [4.78, 5) is 19.8. The predicted octanol–water partition coefficient (Wildman–Crippen LogP) is 9.91. The average molecular weight is 641 g/mol. The Balaban J connectivity index is -0.000000226. The minimum Gasteiger partial charge on any atom is -0.478 e. The number of hydrogen-bond donors (Lipinski definition) is 3. The second kappa shape index (κ2) is 23.2. The maximum absolute atomic E-state index is 10.1. The first-order valence-corrected chi connectivity index (χ1v) is 15.8. The molecule has 0 aliphatic carbocycles. The van der Waals surface area contributed by atoms with Crippen molar-refractivity contribution in [1.82, 2.24) is 0 Å². The first-order chi connectivity index (χ1) is 19.9. The van der Waals surface area contributed by atoms with Crippen LogP contribution in [0.25, 0.3) is 0 Å². The lowest BCUT2D eigenvalue weighted by molar-refractivity contribution is -0.133. The number of rotatable bonds is 4. The molecule has 2 fully saturated rings. The Morgan fingerprint density at radius 2 is 1.24 bits per heavy atom. The highest BCUT2D eigenvalue weighted by molar-refractivity contribution is 5.86. The number of allylic oxidation sites excluding steroid dienone is 4. The molecule has 266 valence electrons. The van der Waals surface area contributed by atoms with Crippen molar-refractivity contribution in [3.05, 3.63) is 46.6 Å². The molecule has 45 heavy (non-hydrogen) atoms. The number of carbonyl (C=O) groups is 2. The Bertz CT molecular complexity index is 942. The summed E-state index contributed by atoms with van der Waals surface area (Å²) < 4.78 is 10.3. The van der Waals surface area contributed by atoms with Gasteiger partial charge in [-0.05, 0) is 83.6 Å². The van der Waals surface area contributed by atoms with E-state index in [1.165, 1.54) is 18.1 Å². The topological polar surface area (TPSA) is 117 Å². The van der Waals surface area contributed by atoms with Crippen molar-refractivity contribution in [3.63, 3.8) is 0 Å². The van der Waals surface area contributed by atoms with Gasteiger partial charge in [-0.2, -0.15) is 0 Å². The van der Waals surface area contributed by atoms with Crippen molar-refractivity contribution in [1.29, 1.82) is 0 Å². The number of carboxylic acids is 2. The van der Waals surface area contributed by atoms with Crippen molar-refractivity contribution in [2.45, 2.75) is 137 Å². The summed E-state index contributed by atoms with van der Waals surface area (Å²) in [5.74, 6) is -1.70. The van der Waals surface area contributed by atoms with Crippen LogP contribution in [-0.4, -0.2) is 59.8 Å². The smallest absolute Gasteiger partial charge is 0.331 e. The maximum atomic E-state index is 10.1. The predicted molar refractivity (Wildman–Crippen MR) is 192 cm³/mol. The highest BCUT2D eigenvalue weighted by Crippen LogP contribution is 2.38. The Hall–Kier alpha value is -2.22. The van der Waals surface area contributed by atoms with Gasteiger partial charge in [-0.25, -0.2) is 9.59 Å². The van der Waals surface area contributed by atoms with Crippen LogP contribution < -0.4 is 0 Å². The third-order valence-electron chi connectivity index (χ3n) is 6.34. The van der Waals surface area contributed by atoms with Crippen LogP contribution in [0.3, 0.4) is 0 Å². The van der Waals surface area contributed by atoms with Crippen molar-refractivity contribution < 1.29 is 34.4 Å². The van der Waals surface area contributed by atoms with E-state index in [1.54, 1.807) is 34.6 Å². The van der Waals surface area contributed by atoms with E-state index in [2.05, 4.69) is 75.8 Å². The van der Waals surface area contributed by atoms with E-state index in [1.807, 2.05) is 26.8 Å². The molecule has 2 aliphatic heterocycles. The van der Waals surface area contributed by atoms with Crippen molar-refractivity contribution in [2.24, 2.45) is 21.7 Å². The molecule has 2 saturated heterocycles. The largest absolute Gasteiger partial charge is 0.478 e. The summed E-state index contributed by atoms with van der Waals surface area (Å²) >= 11 is 0. The van der Waals surface area contributed by atoms with Gasteiger partial charge >= 0.3 is 11.9 Å². The molecule has 7 heteroatoms. The van der Waals surface area contributed by atoms with Gasteiger partial charge in [0.05, 0.1) is 32.5 Å². The van der Waals surface area contributed by atoms with Gasteiger partial charge in [0.25, 0.3) is 0 Å². The zero-order valence-electron chi connectivity index (χ0n) is 32.4. The fraction of sp³-hybridized carbons (Fsp3) is 0.737. The van der Waals surface area contributed by atoms with Crippen molar-refractivity contribution in [2.75, 3.05) is 26.4 Å². The molecule has 1 atom stereocenters. The number of carboxylic acid groups (broad SMARTS) is 2. The molecule has 0 radical (unpaired) electrons. The molecule has 0 bridgehead atoms. The Morgan fingerprint density at radius 1 is 0.844 bits per heavy atom. The monoisotopic (exact) mass is 641 g/mol. The van der Waals surface area contributed by atoms with E-state index in [9.17, 15) is 9.59 Å². The van der Waals surface area contributed by atoms with Gasteiger partial charge in [0.1, 0.15) is 0 Å². The Labute approximate surface area is 277 Å². The second-order valence-electron chi connectivity index (χ2n) is 16.2. The van der Waals surface area contributed by atoms with E-state index in [-0.39, 0.29) is 6.61 Å². The van der Waals surface area contributed by atoms with Crippen LogP contribution in [0.5, 0.6) is 0 Å². The van der Waals surface area contributed by atoms with E-state index < -0.39 is 11.9 Å². The lowest BCUT2D eigenvalue weighted by Gasteiger charge is -2.42. The van der Waals surface area contributed by atoms with Gasteiger partial charge in [-0.1, -0.05) is 92.0 Å². The highest BCUT2D eigenvalue weighted by Gasteiger charge is 2.37. The fourth-order valence-corrected chi connectivity index (χ4v) is 3.00. The van der Waals surface area contributed by atoms with E-state index in [4.69, 9.17) is 24.8 Å². The zero-order valence-corrected chi connectivity index (χ0v) is 32.4.